The Kier molecular flexibility index (Phi) is 11.1. The van der Waals surface area contributed by atoms with Gasteiger partial charge in [0, 0.05) is 38.8 Å². The highest BCUT2D eigenvalue weighted by atomic mass is 32.2. The van der Waals surface area contributed by atoms with Crippen molar-refractivity contribution in [3.05, 3.63) is 89.2 Å². The lowest BCUT2D eigenvalue weighted by Crippen LogP contribution is -2.52. The molecule has 49 heavy (non-hydrogen) atoms. The van der Waals surface area contributed by atoms with Crippen LogP contribution in [0.1, 0.15) is 53.8 Å². The van der Waals surface area contributed by atoms with E-state index in [4.69, 9.17) is 18.9 Å². The lowest BCUT2D eigenvalue weighted by Gasteiger charge is -2.43. The van der Waals surface area contributed by atoms with Crippen molar-refractivity contribution in [1.29, 1.82) is 0 Å². The van der Waals surface area contributed by atoms with E-state index in [2.05, 4.69) is 31.6 Å². The highest BCUT2D eigenvalue weighted by Gasteiger charge is 2.44. The van der Waals surface area contributed by atoms with E-state index in [0.29, 0.717) is 19.6 Å². The molecule has 0 saturated carbocycles. The minimum absolute atomic E-state index is 0.0771. The summed E-state index contributed by atoms with van der Waals surface area (Å²) in [5, 5.41) is 24.9. The molecule has 2 N–H and O–H groups in total. The molecular weight excluding hydrogens is 648 g/mol. The molecule has 0 amide bonds. The number of ether oxygens (including phenoxy) is 4. The Morgan fingerprint density at radius 3 is 2.59 bits per heavy atom. The standard InChI is InChI=1S/C35H44N6O7S/c1-24-5-12-29(13-6-24)49(43,44)41-22-34(48-23-25-7-14-33-31(19-25)40(16-18-47-33)15-4-17-45-2)30(26-8-10-28(46-3)11-9-26)20-27(41)21-32(42)35-36-38-39-37-35/h5-14,19,27,30,32,34,42H,4,15-18,20-23H2,1-3H3,(H,36,37,38,39)/t27-,30-,32+,34+/m1/s1. The number of anilines is 1. The van der Waals surface area contributed by atoms with Gasteiger partial charge in [-0.1, -0.05) is 41.1 Å². The Hall–Kier alpha value is -4.08. The van der Waals surface area contributed by atoms with Crippen molar-refractivity contribution >= 4 is 15.7 Å². The summed E-state index contributed by atoms with van der Waals surface area (Å²) >= 11 is 0. The zero-order valence-corrected chi connectivity index (χ0v) is 28.9. The number of aromatic amines is 1. The predicted molar refractivity (Wildman–Crippen MR) is 182 cm³/mol. The molecule has 1 aromatic heterocycles. The van der Waals surface area contributed by atoms with Crippen molar-refractivity contribution in [3.8, 4) is 11.5 Å². The number of H-pyrrole nitrogens is 1. The van der Waals surface area contributed by atoms with Crippen LogP contribution in [0.3, 0.4) is 0 Å². The molecule has 4 aromatic rings. The maximum atomic E-state index is 14.3. The summed E-state index contributed by atoms with van der Waals surface area (Å²) in [5.41, 5.74) is 3.91. The van der Waals surface area contributed by atoms with Gasteiger partial charge in [0.1, 0.15) is 24.2 Å². The van der Waals surface area contributed by atoms with Crippen LogP contribution in [-0.2, 0) is 26.1 Å². The fraction of sp³-hybridized carbons (Fsp3) is 0.457. The predicted octanol–water partition coefficient (Wildman–Crippen LogP) is 4.01. The van der Waals surface area contributed by atoms with Gasteiger partial charge in [0.25, 0.3) is 0 Å². The van der Waals surface area contributed by atoms with Gasteiger partial charge in [0.2, 0.25) is 15.8 Å². The molecule has 3 heterocycles. The highest BCUT2D eigenvalue weighted by molar-refractivity contribution is 7.89. The Morgan fingerprint density at radius 2 is 1.88 bits per heavy atom. The van der Waals surface area contributed by atoms with Gasteiger partial charge < -0.3 is 29.0 Å². The Bertz CT molecular complexity index is 1760. The first-order valence-electron chi connectivity index (χ1n) is 16.5. The van der Waals surface area contributed by atoms with Gasteiger partial charge in [-0.2, -0.15) is 9.52 Å². The number of hydrogen-bond acceptors (Lipinski definition) is 11. The summed E-state index contributed by atoms with van der Waals surface area (Å²) in [7, 11) is -0.655. The van der Waals surface area contributed by atoms with E-state index in [9.17, 15) is 13.5 Å². The fourth-order valence-corrected chi connectivity index (χ4v) is 8.32. The largest absolute Gasteiger partial charge is 0.497 e. The van der Waals surface area contributed by atoms with Gasteiger partial charge in [0.15, 0.2) is 0 Å². The van der Waals surface area contributed by atoms with Gasteiger partial charge in [0.05, 0.1) is 36.9 Å². The number of aryl methyl sites for hydroxylation is 1. The first kappa shape index (κ1) is 34.8. The van der Waals surface area contributed by atoms with Crippen LogP contribution >= 0.6 is 0 Å². The molecule has 4 atom stereocenters. The molecule has 0 radical (unpaired) electrons. The average Bonchev–Trinajstić information content (AvgIpc) is 3.67. The number of benzene rings is 3. The summed E-state index contributed by atoms with van der Waals surface area (Å²) < 4.78 is 53.4. The van der Waals surface area contributed by atoms with E-state index in [1.807, 2.05) is 43.3 Å². The molecule has 0 bridgehead atoms. The molecule has 0 aliphatic carbocycles. The number of aliphatic hydroxyl groups is 1. The van der Waals surface area contributed by atoms with Crippen LogP contribution in [0.5, 0.6) is 11.5 Å². The number of fused-ring (bicyclic) bond motifs is 1. The molecule has 1 saturated heterocycles. The third-order valence-corrected chi connectivity index (χ3v) is 11.2. The minimum atomic E-state index is -3.98. The summed E-state index contributed by atoms with van der Waals surface area (Å²) in [6, 6.07) is 20.1. The molecule has 13 nitrogen and oxygen atoms in total. The SMILES string of the molecule is COCCCN1CCOc2ccc(CO[C@H]3CN(S(=O)(=O)c4ccc(C)cc4)[C@@H](C[C@H](O)c4nn[nH]n4)C[C@@H]3c3ccc(OC)cc3)cc21. The van der Waals surface area contributed by atoms with E-state index in [-0.39, 0.29) is 36.2 Å². The Balaban J connectivity index is 1.31. The van der Waals surface area contributed by atoms with E-state index in [1.54, 1.807) is 38.5 Å². The maximum absolute atomic E-state index is 14.3. The van der Waals surface area contributed by atoms with Gasteiger partial charge in [-0.05, 0) is 73.7 Å². The molecule has 1 fully saturated rings. The Morgan fingerprint density at radius 1 is 1.08 bits per heavy atom. The summed E-state index contributed by atoms with van der Waals surface area (Å²) in [5.74, 6) is 1.47. The fourth-order valence-electron chi connectivity index (χ4n) is 6.66. The van der Waals surface area contributed by atoms with E-state index < -0.39 is 28.3 Å². The molecular formula is C35H44N6O7S. The summed E-state index contributed by atoms with van der Waals surface area (Å²) in [4.78, 5) is 2.49. The van der Waals surface area contributed by atoms with Crippen molar-refractivity contribution in [2.45, 2.75) is 61.9 Å². The number of rotatable bonds is 14. The number of tetrazole rings is 1. The second-order valence-corrected chi connectivity index (χ2v) is 14.4. The van der Waals surface area contributed by atoms with Crippen LogP contribution < -0.4 is 14.4 Å². The second kappa shape index (κ2) is 15.6. The van der Waals surface area contributed by atoms with Crippen molar-refractivity contribution in [1.82, 2.24) is 24.9 Å². The number of aromatic nitrogens is 4. The summed E-state index contributed by atoms with van der Waals surface area (Å²) in [6.07, 6.45) is -0.262. The van der Waals surface area contributed by atoms with Crippen LogP contribution in [0, 0.1) is 6.92 Å². The third kappa shape index (κ3) is 8.05. The number of aliphatic hydroxyl groups excluding tert-OH is 1. The lowest BCUT2D eigenvalue weighted by molar-refractivity contribution is -0.0267. The van der Waals surface area contributed by atoms with E-state index >= 15 is 0 Å². The molecule has 3 aromatic carbocycles. The number of hydrogen-bond donors (Lipinski definition) is 2. The van der Waals surface area contributed by atoms with Crippen LogP contribution in [0.15, 0.2) is 71.6 Å². The van der Waals surface area contributed by atoms with Gasteiger partial charge in [-0.3, -0.25) is 0 Å². The molecule has 14 heteroatoms. The normalized spacial score (nSPS) is 20.4. The topological polar surface area (TPSA) is 152 Å². The van der Waals surface area contributed by atoms with Crippen molar-refractivity contribution in [2.75, 3.05) is 52.0 Å². The molecule has 0 unspecified atom stereocenters. The Labute approximate surface area is 287 Å². The quantitative estimate of drug-likeness (QED) is 0.185. The second-order valence-electron chi connectivity index (χ2n) is 12.5. The lowest BCUT2D eigenvalue weighted by atomic mass is 9.82. The van der Waals surface area contributed by atoms with Gasteiger partial charge in [-0.15, -0.1) is 10.2 Å². The van der Waals surface area contributed by atoms with Crippen molar-refractivity contribution in [2.24, 2.45) is 0 Å². The first-order valence-corrected chi connectivity index (χ1v) is 18.0. The zero-order chi connectivity index (χ0) is 34.4. The number of nitrogens with zero attached hydrogens (tertiary/aromatic N) is 5. The number of piperidine rings is 1. The van der Waals surface area contributed by atoms with Crippen LogP contribution in [0.25, 0.3) is 0 Å². The average molecular weight is 693 g/mol. The van der Waals surface area contributed by atoms with E-state index in [0.717, 1.165) is 53.4 Å². The third-order valence-electron chi connectivity index (χ3n) is 9.29. The van der Waals surface area contributed by atoms with Crippen molar-refractivity contribution < 1.29 is 32.5 Å². The van der Waals surface area contributed by atoms with Crippen LogP contribution in [0.2, 0.25) is 0 Å². The maximum Gasteiger partial charge on any atom is 0.243 e. The molecule has 6 rings (SSSR count). The van der Waals surface area contributed by atoms with Gasteiger partial charge >= 0.3 is 0 Å². The van der Waals surface area contributed by atoms with Gasteiger partial charge in [-0.25, -0.2) is 8.42 Å². The first-order chi connectivity index (χ1) is 23.8. The smallest absolute Gasteiger partial charge is 0.243 e. The number of methoxy groups -OCH3 is 2. The molecule has 2 aliphatic heterocycles. The minimum Gasteiger partial charge on any atom is -0.497 e. The highest BCUT2D eigenvalue weighted by Crippen LogP contribution is 2.40. The monoisotopic (exact) mass is 692 g/mol. The van der Waals surface area contributed by atoms with E-state index in [1.165, 1.54) is 4.31 Å². The summed E-state index contributed by atoms with van der Waals surface area (Å²) in [6.45, 7) is 5.19. The molecule has 2 aliphatic rings. The van der Waals surface area contributed by atoms with Crippen LogP contribution in [0.4, 0.5) is 5.69 Å². The van der Waals surface area contributed by atoms with Crippen LogP contribution in [-0.4, -0.2) is 97.7 Å². The molecule has 262 valence electrons. The number of sulfonamides is 1. The zero-order valence-electron chi connectivity index (χ0n) is 28.1. The van der Waals surface area contributed by atoms with Crippen molar-refractivity contribution in [3.63, 3.8) is 0 Å². The number of nitrogens with one attached hydrogen (secondary N) is 1. The molecule has 0 spiro atoms.